The Labute approximate surface area is 164 Å². The average Bonchev–Trinajstić information content (AvgIpc) is 2.68. The van der Waals surface area contributed by atoms with E-state index >= 15 is 0 Å². The summed E-state index contributed by atoms with van der Waals surface area (Å²) in [6, 6.07) is 11.6. The number of anilines is 1. The molecule has 140 valence electrons. The number of carbonyl (C=O) groups excluding carboxylic acids is 1. The van der Waals surface area contributed by atoms with E-state index in [1.54, 1.807) is 18.2 Å². The first-order chi connectivity index (χ1) is 13.0. The summed E-state index contributed by atoms with van der Waals surface area (Å²) in [6.45, 7) is 1.84. The first-order valence-corrected chi connectivity index (χ1v) is 9.39. The van der Waals surface area contributed by atoms with Crippen molar-refractivity contribution in [3.05, 3.63) is 52.3 Å². The fourth-order valence-corrected chi connectivity index (χ4v) is 3.63. The molecule has 1 fully saturated rings. The lowest BCUT2D eigenvalue weighted by Crippen LogP contribution is -2.43. The van der Waals surface area contributed by atoms with Gasteiger partial charge in [-0.1, -0.05) is 11.6 Å². The number of amides is 1. The van der Waals surface area contributed by atoms with Crippen molar-refractivity contribution in [3.8, 4) is 6.07 Å². The SMILES string of the molecule is Cc1ccc(C(=O)NC2CCC(N(C)c3ccc(C#N)c(Cl)c3)CC2)nn1. The van der Waals surface area contributed by atoms with Crippen LogP contribution in [0.1, 0.15) is 47.4 Å². The molecular formula is C20H22ClN5O. The van der Waals surface area contributed by atoms with E-state index in [1.807, 2.05) is 26.1 Å². The van der Waals surface area contributed by atoms with Gasteiger partial charge >= 0.3 is 0 Å². The number of rotatable bonds is 4. The summed E-state index contributed by atoms with van der Waals surface area (Å²) in [6.07, 6.45) is 3.76. The number of aromatic nitrogens is 2. The maximum absolute atomic E-state index is 12.3. The summed E-state index contributed by atoms with van der Waals surface area (Å²) >= 11 is 6.15. The predicted molar refractivity (Wildman–Crippen MR) is 105 cm³/mol. The molecule has 0 spiro atoms. The summed E-state index contributed by atoms with van der Waals surface area (Å²) in [5.74, 6) is -0.168. The van der Waals surface area contributed by atoms with Crippen molar-refractivity contribution < 1.29 is 4.79 Å². The van der Waals surface area contributed by atoms with Crippen LogP contribution in [-0.4, -0.2) is 35.2 Å². The minimum absolute atomic E-state index is 0.148. The van der Waals surface area contributed by atoms with Gasteiger partial charge < -0.3 is 10.2 Å². The number of halogens is 1. The van der Waals surface area contributed by atoms with Crippen LogP contribution in [0.15, 0.2) is 30.3 Å². The lowest BCUT2D eigenvalue weighted by atomic mass is 9.90. The van der Waals surface area contributed by atoms with Gasteiger partial charge in [-0.2, -0.15) is 10.4 Å². The van der Waals surface area contributed by atoms with E-state index in [0.29, 0.717) is 22.3 Å². The minimum Gasteiger partial charge on any atom is -0.372 e. The Morgan fingerprint density at radius 1 is 1.22 bits per heavy atom. The van der Waals surface area contributed by atoms with Crippen LogP contribution in [0.25, 0.3) is 0 Å². The number of carbonyl (C=O) groups is 1. The van der Waals surface area contributed by atoms with E-state index < -0.39 is 0 Å². The Kier molecular flexibility index (Phi) is 5.92. The summed E-state index contributed by atoms with van der Waals surface area (Å²) in [4.78, 5) is 14.5. The second-order valence-corrected chi connectivity index (χ2v) is 7.33. The quantitative estimate of drug-likeness (QED) is 0.873. The number of nitriles is 1. The molecule has 1 heterocycles. The van der Waals surface area contributed by atoms with Gasteiger partial charge in [-0.15, -0.1) is 5.10 Å². The predicted octanol–water partition coefficient (Wildman–Crippen LogP) is 3.49. The zero-order valence-electron chi connectivity index (χ0n) is 15.4. The molecular weight excluding hydrogens is 362 g/mol. The van der Waals surface area contributed by atoms with Gasteiger partial charge in [0.2, 0.25) is 0 Å². The van der Waals surface area contributed by atoms with Gasteiger partial charge in [0.05, 0.1) is 16.3 Å². The normalized spacial score (nSPS) is 19.2. The van der Waals surface area contributed by atoms with Crippen LogP contribution in [-0.2, 0) is 0 Å². The summed E-state index contributed by atoms with van der Waals surface area (Å²) < 4.78 is 0. The van der Waals surface area contributed by atoms with Crippen molar-refractivity contribution in [3.63, 3.8) is 0 Å². The summed E-state index contributed by atoms with van der Waals surface area (Å²) in [5.41, 5.74) is 2.63. The third-order valence-corrected chi connectivity index (χ3v) is 5.40. The molecule has 6 nitrogen and oxygen atoms in total. The monoisotopic (exact) mass is 383 g/mol. The molecule has 1 aliphatic rings. The van der Waals surface area contributed by atoms with Crippen molar-refractivity contribution in [2.24, 2.45) is 0 Å². The lowest BCUT2D eigenvalue weighted by Gasteiger charge is -2.36. The largest absolute Gasteiger partial charge is 0.372 e. The molecule has 1 aliphatic carbocycles. The van der Waals surface area contributed by atoms with E-state index in [4.69, 9.17) is 16.9 Å². The molecule has 1 aromatic carbocycles. The number of hydrogen-bond acceptors (Lipinski definition) is 5. The fourth-order valence-electron chi connectivity index (χ4n) is 3.41. The molecule has 3 rings (SSSR count). The standard InChI is InChI=1S/C20H22ClN5O/c1-13-3-10-19(25-24-13)20(27)23-15-5-8-16(9-6-15)26(2)17-7-4-14(12-22)18(21)11-17/h3-4,7,10-11,15-16H,5-6,8-9H2,1-2H3,(H,23,27). The van der Waals surface area contributed by atoms with Gasteiger partial charge in [-0.05, 0) is 62.9 Å². The summed E-state index contributed by atoms with van der Waals surface area (Å²) in [7, 11) is 2.04. The van der Waals surface area contributed by atoms with Crippen molar-refractivity contribution in [2.45, 2.75) is 44.7 Å². The molecule has 27 heavy (non-hydrogen) atoms. The fraction of sp³-hybridized carbons (Fsp3) is 0.400. The first-order valence-electron chi connectivity index (χ1n) is 9.01. The Bertz CT molecular complexity index is 854. The van der Waals surface area contributed by atoms with Crippen LogP contribution in [0.3, 0.4) is 0 Å². The highest BCUT2D eigenvalue weighted by Crippen LogP contribution is 2.29. The maximum Gasteiger partial charge on any atom is 0.272 e. The Morgan fingerprint density at radius 3 is 2.56 bits per heavy atom. The van der Waals surface area contributed by atoms with Crippen LogP contribution >= 0.6 is 11.6 Å². The van der Waals surface area contributed by atoms with Crippen LogP contribution < -0.4 is 10.2 Å². The van der Waals surface area contributed by atoms with Crippen LogP contribution in [0.2, 0.25) is 5.02 Å². The highest BCUT2D eigenvalue weighted by atomic mass is 35.5. The minimum atomic E-state index is -0.168. The molecule has 1 N–H and O–H groups in total. The van der Waals surface area contributed by atoms with Gasteiger partial charge in [0.1, 0.15) is 6.07 Å². The molecule has 0 saturated heterocycles. The van der Waals surface area contributed by atoms with Crippen molar-refractivity contribution in [1.82, 2.24) is 15.5 Å². The third-order valence-electron chi connectivity index (χ3n) is 5.09. The number of nitrogens with zero attached hydrogens (tertiary/aromatic N) is 4. The van der Waals surface area contributed by atoms with E-state index in [1.165, 1.54) is 0 Å². The number of benzene rings is 1. The smallest absolute Gasteiger partial charge is 0.272 e. The van der Waals surface area contributed by atoms with Gasteiger partial charge in [0, 0.05) is 24.8 Å². The van der Waals surface area contributed by atoms with Gasteiger partial charge in [0.15, 0.2) is 5.69 Å². The molecule has 0 atom stereocenters. The molecule has 7 heteroatoms. The zero-order chi connectivity index (χ0) is 19.4. The molecule has 0 bridgehead atoms. The van der Waals surface area contributed by atoms with Crippen LogP contribution in [0.5, 0.6) is 0 Å². The van der Waals surface area contributed by atoms with Gasteiger partial charge in [-0.25, -0.2) is 0 Å². The van der Waals surface area contributed by atoms with Crippen molar-refractivity contribution in [1.29, 1.82) is 5.26 Å². The van der Waals surface area contributed by atoms with Crippen molar-refractivity contribution >= 4 is 23.2 Å². The Morgan fingerprint density at radius 2 is 1.96 bits per heavy atom. The number of aryl methyl sites for hydroxylation is 1. The van der Waals surface area contributed by atoms with Crippen molar-refractivity contribution in [2.75, 3.05) is 11.9 Å². The van der Waals surface area contributed by atoms with Gasteiger partial charge in [-0.3, -0.25) is 4.79 Å². The molecule has 0 unspecified atom stereocenters. The summed E-state index contributed by atoms with van der Waals surface area (Å²) in [5, 5.41) is 20.4. The van der Waals surface area contributed by atoms with E-state index in [-0.39, 0.29) is 11.9 Å². The molecule has 2 aromatic rings. The van der Waals surface area contributed by atoms with Gasteiger partial charge in [0.25, 0.3) is 5.91 Å². The lowest BCUT2D eigenvalue weighted by molar-refractivity contribution is 0.0919. The molecule has 0 aliphatic heterocycles. The third kappa shape index (κ3) is 4.55. The first kappa shape index (κ1) is 19.1. The Hall–Kier alpha value is -2.65. The molecule has 0 radical (unpaired) electrons. The zero-order valence-corrected chi connectivity index (χ0v) is 16.2. The molecule has 1 aromatic heterocycles. The second-order valence-electron chi connectivity index (χ2n) is 6.93. The molecule has 1 amide bonds. The van der Waals surface area contributed by atoms with Crippen LogP contribution in [0.4, 0.5) is 5.69 Å². The van der Waals surface area contributed by atoms with E-state index in [2.05, 4.69) is 26.5 Å². The highest BCUT2D eigenvalue weighted by Gasteiger charge is 2.26. The molecule has 1 saturated carbocycles. The average molecular weight is 384 g/mol. The van der Waals surface area contributed by atoms with E-state index in [9.17, 15) is 4.79 Å². The maximum atomic E-state index is 12.3. The number of hydrogen-bond donors (Lipinski definition) is 1. The topological polar surface area (TPSA) is 81.9 Å². The highest BCUT2D eigenvalue weighted by molar-refractivity contribution is 6.32. The Balaban J connectivity index is 1.55. The number of nitrogens with one attached hydrogen (secondary N) is 1. The van der Waals surface area contributed by atoms with E-state index in [0.717, 1.165) is 37.1 Å². The van der Waals surface area contributed by atoms with Crippen LogP contribution in [0, 0.1) is 18.3 Å². The second kappa shape index (κ2) is 8.36.